The molecule has 140 valence electrons. The Morgan fingerprint density at radius 1 is 1.48 bits per heavy atom. The molecule has 1 amide bonds. The van der Waals surface area contributed by atoms with E-state index in [0.717, 1.165) is 24.5 Å². The summed E-state index contributed by atoms with van der Waals surface area (Å²) in [5.41, 5.74) is 0.876. The summed E-state index contributed by atoms with van der Waals surface area (Å²) in [5.74, 6) is 0.572. The molecule has 0 bridgehead atoms. The van der Waals surface area contributed by atoms with Crippen LogP contribution < -0.4 is 10.6 Å². The first-order valence-electron chi connectivity index (χ1n) is 8.22. The van der Waals surface area contributed by atoms with E-state index in [1.807, 2.05) is 14.0 Å². The van der Waals surface area contributed by atoms with Gasteiger partial charge in [-0.1, -0.05) is 17.7 Å². The monoisotopic (exact) mass is 482 g/mol. The highest BCUT2D eigenvalue weighted by atomic mass is 127. The quantitative estimate of drug-likeness (QED) is 0.386. The predicted molar refractivity (Wildman–Crippen MR) is 110 cm³/mol. The van der Waals surface area contributed by atoms with Gasteiger partial charge in [0.1, 0.15) is 5.82 Å². The first-order valence-corrected chi connectivity index (χ1v) is 8.60. The number of halogens is 3. The van der Waals surface area contributed by atoms with Crippen LogP contribution in [-0.4, -0.2) is 49.5 Å². The standard InChI is InChI=1S/C17H24ClFN4O.HI/c1-3-20-17(22-14-6-7-16(24)23(2)11-14)21-9-8-12-4-5-13(19)10-15(12)18;/h4-5,10,14H,3,6-9,11H2,1-2H3,(H2,20,21,22);1H. The number of likely N-dealkylation sites (N-methyl/N-ethyl adjacent to an activating group) is 1. The molecule has 2 rings (SSSR count). The minimum absolute atomic E-state index is 0. The second-order valence-electron chi connectivity index (χ2n) is 5.90. The van der Waals surface area contributed by atoms with Crippen molar-refractivity contribution in [1.82, 2.24) is 15.5 Å². The third kappa shape index (κ3) is 6.97. The first-order chi connectivity index (χ1) is 11.5. The maximum atomic E-state index is 13.1. The zero-order valence-electron chi connectivity index (χ0n) is 14.5. The van der Waals surface area contributed by atoms with Crippen LogP contribution in [0.15, 0.2) is 23.2 Å². The third-order valence-electron chi connectivity index (χ3n) is 3.98. The molecule has 1 heterocycles. The number of amides is 1. The predicted octanol–water partition coefficient (Wildman–Crippen LogP) is 2.82. The van der Waals surface area contributed by atoms with Gasteiger partial charge >= 0.3 is 0 Å². The molecule has 8 heteroatoms. The van der Waals surface area contributed by atoms with E-state index in [2.05, 4.69) is 15.6 Å². The van der Waals surface area contributed by atoms with Gasteiger partial charge in [-0.3, -0.25) is 9.79 Å². The summed E-state index contributed by atoms with van der Waals surface area (Å²) < 4.78 is 13.1. The summed E-state index contributed by atoms with van der Waals surface area (Å²) in [4.78, 5) is 17.8. The number of likely N-dealkylation sites (tertiary alicyclic amines) is 1. The highest BCUT2D eigenvalue weighted by Crippen LogP contribution is 2.17. The normalized spacial score (nSPS) is 17.9. The van der Waals surface area contributed by atoms with Crippen LogP contribution in [-0.2, 0) is 11.2 Å². The summed E-state index contributed by atoms with van der Waals surface area (Å²) in [5, 5.41) is 7.00. The molecule has 1 aliphatic rings. The van der Waals surface area contributed by atoms with Crippen LogP contribution in [0.3, 0.4) is 0 Å². The van der Waals surface area contributed by atoms with Crippen LogP contribution in [0.4, 0.5) is 4.39 Å². The Kier molecular flexibility index (Phi) is 9.48. The van der Waals surface area contributed by atoms with Crippen molar-refractivity contribution in [3.63, 3.8) is 0 Å². The Hall–Kier alpha value is -1.09. The lowest BCUT2D eigenvalue weighted by Crippen LogP contribution is -2.51. The molecule has 0 radical (unpaired) electrons. The minimum Gasteiger partial charge on any atom is -0.357 e. The highest BCUT2D eigenvalue weighted by Gasteiger charge is 2.23. The summed E-state index contributed by atoms with van der Waals surface area (Å²) >= 11 is 6.03. The van der Waals surface area contributed by atoms with Crippen LogP contribution in [0.2, 0.25) is 5.02 Å². The number of guanidine groups is 1. The lowest BCUT2D eigenvalue weighted by Gasteiger charge is -2.31. The van der Waals surface area contributed by atoms with Gasteiger partial charge in [0.15, 0.2) is 5.96 Å². The van der Waals surface area contributed by atoms with Crippen LogP contribution in [0, 0.1) is 5.82 Å². The fourth-order valence-corrected chi connectivity index (χ4v) is 2.92. The van der Waals surface area contributed by atoms with E-state index in [0.29, 0.717) is 31.0 Å². The van der Waals surface area contributed by atoms with E-state index in [1.54, 1.807) is 11.0 Å². The molecular formula is C17H25ClFIN4O. The lowest BCUT2D eigenvalue weighted by molar-refractivity contribution is -0.132. The van der Waals surface area contributed by atoms with Crippen LogP contribution in [0.25, 0.3) is 0 Å². The van der Waals surface area contributed by atoms with E-state index in [9.17, 15) is 9.18 Å². The zero-order valence-corrected chi connectivity index (χ0v) is 17.6. The van der Waals surface area contributed by atoms with Crippen molar-refractivity contribution < 1.29 is 9.18 Å². The number of aliphatic imine (C=N–C) groups is 1. The van der Waals surface area contributed by atoms with Crippen molar-refractivity contribution in [2.75, 3.05) is 26.7 Å². The molecule has 1 aliphatic heterocycles. The van der Waals surface area contributed by atoms with Crippen molar-refractivity contribution in [1.29, 1.82) is 0 Å². The number of carbonyl (C=O) groups excluding carboxylic acids is 1. The van der Waals surface area contributed by atoms with Crippen molar-refractivity contribution in [3.05, 3.63) is 34.6 Å². The molecule has 1 fully saturated rings. The summed E-state index contributed by atoms with van der Waals surface area (Å²) in [6, 6.07) is 4.61. The topological polar surface area (TPSA) is 56.7 Å². The molecule has 5 nitrogen and oxygen atoms in total. The van der Waals surface area contributed by atoms with E-state index in [1.165, 1.54) is 12.1 Å². The van der Waals surface area contributed by atoms with Crippen LogP contribution >= 0.6 is 35.6 Å². The average Bonchev–Trinajstić information content (AvgIpc) is 2.53. The SMILES string of the molecule is CCNC(=NCCc1ccc(F)cc1Cl)NC1CCC(=O)N(C)C1.I. The molecule has 0 aliphatic carbocycles. The number of benzene rings is 1. The summed E-state index contributed by atoms with van der Waals surface area (Å²) in [6.07, 6.45) is 1.99. The molecule has 0 aromatic heterocycles. The molecule has 1 aromatic carbocycles. The molecule has 25 heavy (non-hydrogen) atoms. The number of nitrogens with one attached hydrogen (secondary N) is 2. The Morgan fingerprint density at radius 3 is 2.88 bits per heavy atom. The number of rotatable bonds is 5. The highest BCUT2D eigenvalue weighted by molar-refractivity contribution is 14.0. The minimum atomic E-state index is -0.335. The van der Waals surface area contributed by atoms with E-state index in [-0.39, 0.29) is 41.7 Å². The van der Waals surface area contributed by atoms with Crippen molar-refractivity contribution in [2.45, 2.75) is 32.2 Å². The second-order valence-corrected chi connectivity index (χ2v) is 6.31. The largest absolute Gasteiger partial charge is 0.357 e. The number of hydrogen-bond donors (Lipinski definition) is 2. The van der Waals surface area contributed by atoms with Crippen molar-refractivity contribution in [3.8, 4) is 0 Å². The lowest BCUT2D eigenvalue weighted by atomic mass is 10.1. The second kappa shape index (κ2) is 10.8. The van der Waals surface area contributed by atoms with Crippen LogP contribution in [0.1, 0.15) is 25.3 Å². The Morgan fingerprint density at radius 2 is 2.24 bits per heavy atom. The molecule has 2 N–H and O–H groups in total. The fourth-order valence-electron chi connectivity index (χ4n) is 2.66. The molecule has 0 spiro atoms. The third-order valence-corrected chi connectivity index (χ3v) is 4.33. The van der Waals surface area contributed by atoms with Gasteiger partial charge in [-0.05, 0) is 37.5 Å². The number of piperidine rings is 1. The summed E-state index contributed by atoms with van der Waals surface area (Å²) in [7, 11) is 1.82. The van der Waals surface area contributed by atoms with Gasteiger partial charge in [0.2, 0.25) is 5.91 Å². The van der Waals surface area contributed by atoms with E-state index >= 15 is 0 Å². The van der Waals surface area contributed by atoms with Crippen LogP contribution in [0.5, 0.6) is 0 Å². The van der Waals surface area contributed by atoms with Gasteiger partial charge in [-0.15, -0.1) is 24.0 Å². The van der Waals surface area contributed by atoms with Gasteiger partial charge in [0, 0.05) is 44.2 Å². The molecule has 1 atom stereocenters. The first kappa shape index (κ1) is 22.0. The van der Waals surface area contributed by atoms with E-state index in [4.69, 9.17) is 11.6 Å². The maximum Gasteiger partial charge on any atom is 0.222 e. The van der Waals surface area contributed by atoms with Gasteiger partial charge in [0.05, 0.1) is 0 Å². The molecule has 0 saturated carbocycles. The molecule has 1 saturated heterocycles. The maximum absolute atomic E-state index is 13.1. The van der Waals surface area contributed by atoms with Crippen molar-refractivity contribution >= 4 is 47.4 Å². The zero-order chi connectivity index (χ0) is 17.5. The van der Waals surface area contributed by atoms with E-state index < -0.39 is 0 Å². The number of carbonyl (C=O) groups is 1. The van der Waals surface area contributed by atoms with Crippen molar-refractivity contribution in [2.24, 2.45) is 4.99 Å². The molecule has 1 aromatic rings. The van der Waals surface area contributed by atoms with Gasteiger partial charge in [-0.25, -0.2) is 4.39 Å². The number of nitrogens with zero attached hydrogens (tertiary/aromatic N) is 2. The average molecular weight is 483 g/mol. The fraction of sp³-hybridized carbons (Fsp3) is 0.529. The Bertz CT molecular complexity index is 614. The van der Waals surface area contributed by atoms with Gasteiger partial charge < -0.3 is 15.5 Å². The Labute approximate surface area is 170 Å². The smallest absolute Gasteiger partial charge is 0.222 e. The molecular weight excluding hydrogens is 458 g/mol. The molecule has 1 unspecified atom stereocenters. The summed E-state index contributed by atoms with van der Waals surface area (Å²) in [6.45, 7) is 3.98. The Balaban J connectivity index is 0.00000312. The van der Waals surface area contributed by atoms with Gasteiger partial charge in [-0.2, -0.15) is 0 Å². The number of hydrogen-bond acceptors (Lipinski definition) is 2. The van der Waals surface area contributed by atoms with Gasteiger partial charge in [0.25, 0.3) is 0 Å².